The number of Topliss-reactive ketones (excluding diaryl/α,β-unsaturated/α-hetero) is 1. The molecule has 2 heteroatoms. The van der Waals surface area contributed by atoms with Crippen LogP contribution < -0.4 is 0 Å². The molecule has 0 atom stereocenters. The summed E-state index contributed by atoms with van der Waals surface area (Å²) in [5.41, 5.74) is 5.19. The van der Waals surface area contributed by atoms with Gasteiger partial charge in [-0.2, -0.15) is 0 Å². The highest BCUT2D eigenvalue weighted by Crippen LogP contribution is 2.38. The Morgan fingerprint density at radius 2 is 1.76 bits per heavy atom. The summed E-state index contributed by atoms with van der Waals surface area (Å²) in [6.07, 6.45) is 2.07. The normalized spacial score (nSPS) is 14.5. The van der Waals surface area contributed by atoms with Crippen LogP contribution in [-0.2, 0) is 0 Å². The van der Waals surface area contributed by atoms with Gasteiger partial charge in [0.2, 0.25) is 0 Å². The van der Waals surface area contributed by atoms with Crippen LogP contribution in [0.25, 0.3) is 22.2 Å². The lowest BCUT2D eigenvalue weighted by molar-refractivity contribution is 0.0970. The van der Waals surface area contributed by atoms with E-state index in [0.29, 0.717) is 5.78 Å². The number of carbonyl (C=O) groups excluding carboxylic acids is 1. The van der Waals surface area contributed by atoms with Crippen molar-refractivity contribution in [1.82, 2.24) is 4.98 Å². The summed E-state index contributed by atoms with van der Waals surface area (Å²) < 4.78 is 0. The number of carbonyl (C=O) groups is 1. The third-order valence-corrected chi connectivity index (χ3v) is 4.24. The first kappa shape index (κ1) is 12.4. The summed E-state index contributed by atoms with van der Waals surface area (Å²) in [5, 5.41) is 1.05. The van der Waals surface area contributed by atoms with Crippen molar-refractivity contribution in [1.29, 1.82) is 0 Å². The summed E-state index contributed by atoms with van der Waals surface area (Å²) in [4.78, 5) is 16.2. The molecule has 0 bridgehead atoms. The number of fused-ring (bicyclic) bond motifs is 1. The Hall–Kier alpha value is -2.35. The van der Waals surface area contributed by atoms with Crippen molar-refractivity contribution >= 4 is 16.7 Å². The van der Waals surface area contributed by atoms with E-state index < -0.39 is 0 Å². The molecule has 0 saturated heterocycles. The number of aromatic nitrogens is 1. The van der Waals surface area contributed by atoms with E-state index in [2.05, 4.69) is 36.2 Å². The highest BCUT2D eigenvalue weighted by Gasteiger charge is 2.33. The highest BCUT2D eigenvalue weighted by atomic mass is 16.1. The Bertz CT molecular complexity index is 822. The molecule has 0 radical (unpaired) electrons. The van der Waals surface area contributed by atoms with Crippen molar-refractivity contribution in [3.8, 4) is 11.3 Å². The number of nitrogens with one attached hydrogen (secondary N) is 1. The van der Waals surface area contributed by atoms with Crippen LogP contribution in [0.2, 0.25) is 0 Å². The van der Waals surface area contributed by atoms with Gasteiger partial charge in [-0.05, 0) is 31.4 Å². The van der Waals surface area contributed by atoms with Gasteiger partial charge in [0.05, 0.1) is 11.3 Å². The van der Waals surface area contributed by atoms with Crippen LogP contribution in [-0.4, -0.2) is 10.8 Å². The van der Waals surface area contributed by atoms with Crippen LogP contribution >= 0.6 is 0 Å². The number of hydrogen-bond donors (Lipinski definition) is 1. The summed E-state index contributed by atoms with van der Waals surface area (Å²) in [5.74, 6) is 0.524. The SMILES string of the molecule is Cc1ccc(-c2[nH]c3ccccc3c2C(=O)C2CC2)cc1. The Morgan fingerprint density at radius 1 is 1.05 bits per heavy atom. The molecular weight excluding hydrogens is 258 g/mol. The number of ketones is 1. The molecule has 2 nitrogen and oxygen atoms in total. The first-order valence-electron chi connectivity index (χ1n) is 7.46. The van der Waals surface area contributed by atoms with Crippen LogP contribution in [0.1, 0.15) is 28.8 Å². The molecule has 1 fully saturated rings. The second-order valence-corrected chi connectivity index (χ2v) is 5.93. The van der Waals surface area contributed by atoms with Crippen molar-refractivity contribution in [2.24, 2.45) is 5.92 Å². The van der Waals surface area contributed by atoms with E-state index in [4.69, 9.17) is 0 Å². The molecule has 1 aliphatic rings. The third kappa shape index (κ3) is 2.07. The van der Waals surface area contributed by atoms with Gasteiger partial charge in [0.25, 0.3) is 0 Å². The van der Waals surface area contributed by atoms with Gasteiger partial charge in [0.1, 0.15) is 0 Å². The zero-order valence-corrected chi connectivity index (χ0v) is 12.0. The largest absolute Gasteiger partial charge is 0.354 e. The maximum atomic E-state index is 12.7. The first-order valence-corrected chi connectivity index (χ1v) is 7.46. The minimum absolute atomic E-state index is 0.230. The van der Waals surface area contributed by atoms with Gasteiger partial charge in [-0.25, -0.2) is 0 Å². The lowest BCUT2D eigenvalue weighted by Gasteiger charge is -2.04. The quantitative estimate of drug-likeness (QED) is 0.688. The van der Waals surface area contributed by atoms with E-state index >= 15 is 0 Å². The van der Waals surface area contributed by atoms with Crippen LogP contribution in [0.4, 0.5) is 0 Å². The van der Waals surface area contributed by atoms with Gasteiger partial charge in [-0.15, -0.1) is 0 Å². The molecular formula is C19H17NO. The van der Waals surface area contributed by atoms with E-state index in [-0.39, 0.29) is 5.92 Å². The number of aryl methyl sites for hydroxylation is 1. The topological polar surface area (TPSA) is 32.9 Å². The number of benzene rings is 2. The lowest BCUT2D eigenvalue weighted by Crippen LogP contribution is -2.02. The van der Waals surface area contributed by atoms with Crippen molar-refractivity contribution < 1.29 is 4.79 Å². The minimum Gasteiger partial charge on any atom is -0.354 e. The molecule has 1 aromatic heterocycles. The van der Waals surface area contributed by atoms with Gasteiger partial charge < -0.3 is 4.98 Å². The number of rotatable bonds is 3. The third-order valence-electron chi connectivity index (χ3n) is 4.24. The molecule has 21 heavy (non-hydrogen) atoms. The Morgan fingerprint density at radius 3 is 2.48 bits per heavy atom. The fourth-order valence-corrected chi connectivity index (χ4v) is 2.88. The molecule has 4 rings (SSSR count). The predicted octanol–water partition coefficient (Wildman–Crippen LogP) is 4.74. The highest BCUT2D eigenvalue weighted by molar-refractivity contribution is 6.14. The van der Waals surface area contributed by atoms with Crippen LogP contribution in [0.3, 0.4) is 0 Å². The molecule has 1 N–H and O–H groups in total. The average Bonchev–Trinajstić information content (AvgIpc) is 3.28. The zero-order valence-electron chi connectivity index (χ0n) is 12.0. The van der Waals surface area contributed by atoms with Crippen LogP contribution in [0.5, 0.6) is 0 Å². The molecule has 3 aromatic rings. The van der Waals surface area contributed by atoms with Gasteiger partial charge >= 0.3 is 0 Å². The average molecular weight is 275 g/mol. The zero-order chi connectivity index (χ0) is 14.4. The molecule has 0 amide bonds. The number of H-pyrrole nitrogens is 1. The molecule has 1 saturated carbocycles. The van der Waals surface area contributed by atoms with Gasteiger partial charge in [0, 0.05) is 16.8 Å². The van der Waals surface area contributed by atoms with E-state index in [1.807, 2.05) is 24.3 Å². The lowest BCUT2D eigenvalue weighted by atomic mass is 9.99. The van der Waals surface area contributed by atoms with Gasteiger partial charge in [-0.3, -0.25) is 4.79 Å². The van der Waals surface area contributed by atoms with E-state index in [1.54, 1.807) is 0 Å². The molecule has 1 heterocycles. The van der Waals surface area contributed by atoms with Crippen molar-refractivity contribution in [2.45, 2.75) is 19.8 Å². The number of para-hydroxylation sites is 1. The molecule has 104 valence electrons. The van der Waals surface area contributed by atoms with E-state index in [1.165, 1.54) is 5.56 Å². The molecule has 0 unspecified atom stereocenters. The Kier molecular flexibility index (Phi) is 2.71. The Balaban J connectivity index is 1.96. The molecule has 2 aromatic carbocycles. The van der Waals surface area contributed by atoms with E-state index in [9.17, 15) is 4.79 Å². The van der Waals surface area contributed by atoms with Gasteiger partial charge in [0.15, 0.2) is 5.78 Å². The fraction of sp³-hybridized carbons (Fsp3) is 0.211. The summed E-state index contributed by atoms with van der Waals surface area (Å²) in [6.45, 7) is 2.07. The van der Waals surface area contributed by atoms with Crippen molar-refractivity contribution in [2.75, 3.05) is 0 Å². The fourth-order valence-electron chi connectivity index (χ4n) is 2.88. The number of aromatic amines is 1. The Labute approximate surface area is 123 Å². The van der Waals surface area contributed by atoms with Crippen LogP contribution in [0.15, 0.2) is 48.5 Å². The first-order chi connectivity index (χ1) is 10.2. The summed E-state index contributed by atoms with van der Waals surface area (Å²) in [6, 6.07) is 16.4. The minimum atomic E-state index is 0.230. The number of hydrogen-bond acceptors (Lipinski definition) is 1. The maximum Gasteiger partial charge on any atom is 0.168 e. The smallest absolute Gasteiger partial charge is 0.168 e. The molecule has 0 spiro atoms. The molecule has 1 aliphatic carbocycles. The summed E-state index contributed by atoms with van der Waals surface area (Å²) >= 11 is 0. The standard InChI is InChI=1S/C19H17NO/c1-12-6-8-13(9-7-12)18-17(19(21)14-10-11-14)15-4-2-3-5-16(15)20-18/h2-9,14,20H,10-11H2,1H3. The maximum absolute atomic E-state index is 12.7. The monoisotopic (exact) mass is 275 g/mol. The van der Waals surface area contributed by atoms with E-state index in [0.717, 1.165) is 40.6 Å². The van der Waals surface area contributed by atoms with Crippen molar-refractivity contribution in [3.63, 3.8) is 0 Å². The van der Waals surface area contributed by atoms with Crippen molar-refractivity contribution in [3.05, 3.63) is 59.7 Å². The second-order valence-electron chi connectivity index (χ2n) is 5.93. The summed E-state index contributed by atoms with van der Waals surface area (Å²) in [7, 11) is 0. The molecule has 0 aliphatic heterocycles. The van der Waals surface area contributed by atoms with Crippen LogP contribution in [0, 0.1) is 12.8 Å². The second kappa shape index (κ2) is 4.59. The predicted molar refractivity (Wildman–Crippen MR) is 85.5 cm³/mol. The van der Waals surface area contributed by atoms with Gasteiger partial charge in [-0.1, -0.05) is 48.0 Å².